The van der Waals surface area contributed by atoms with Crippen molar-refractivity contribution in [1.29, 1.82) is 0 Å². The Balaban J connectivity index is 0.000000802. The molecule has 2 aliphatic rings. The molecule has 14 N–H and O–H groups in total. The van der Waals surface area contributed by atoms with Gasteiger partial charge < -0.3 is 99.4 Å². The molecule has 16 atom stereocenters. The summed E-state index contributed by atoms with van der Waals surface area (Å²) >= 11 is 0. The van der Waals surface area contributed by atoms with Crippen LogP contribution in [0.2, 0.25) is 0 Å². The van der Waals surface area contributed by atoms with E-state index >= 15 is 0 Å². The van der Waals surface area contributed by atoms with Crippen molar-refractivity contribution in [2.24, 2.45) is 0 Å². The van der Waals surface area contributed by atoms with Gasteiger partial charge in [0.1, 0.15) is 85.5 Å². The fourth-order valence-corrected chi connectivity index (χ4v) is 5.39. The minimum Gasteiger partial charge on any atom is -0.756 e. The Kier molecular flexibility index (Phi) is 18.9. The van der Waals surface area contributed by atoms with Crippen LogP contribution in [-0.2, 0) is 27.2 Å². The van der Waals surface area contributed by atoms with Crippen LogP contribution in [0.4, 0.5) is 0 Å². The first-order valence-corrected chi connectivity index (χ1v) is 14.8. The molecule has 8 unspecified atom stereocenters. The zero-order valence-corrected chi connectivity index (χ0v) is 25.2. The van der Waals surface area contributed by atoms with Crippen LogP contribution in [0.25, 0.3) is 0 Å². The van der Waals surface area contributed by atoms with E-state index in [1.807, 2.05) is 0 Å². The van der Waals surface area contributed by atoms with E-state index in [1.54, 1.807) is 0 Å². The summed E-state index contributed by atoms with van der Waals surface area (Å²) in [6.45, 7) is -3.19. The van der Waals surface area contributed by atoms with Gasteiger partial charge in [0, 0.05) is 0 Å². The van der Waals surface area contributed by atoms with Crippen LogP contribution < -0.4 is 9.79 Å². The molecule has 2 aliphatic carbocycles. The first-order valence-electron chi connectivity index (χ1n) is 11.9. The smallest absolute Gasteiger partial charge is 0.756 e. The summed E-state index contributed by atoms with van der Waals surface area (Å²) in [6.07, 6.45) is -26.5. The van der Waals surface area contributed by atoms with E-state index in [0.29, 0.717) is 0 Å². The number of rotatable bonds is 12. The third-order valence-corrected chi connectivity index (χ3v) is 7.85. The van der Waals surface area contributed by atoms with Gasteiger partial charge >= 0.3 is 23.1 Å². The molecule has 0 bridgehead atoms. The summed E-state index contributed by atoms with van der Waals surface area (Å²) in [5, 5.41) is 129. The second kappa shape index (κ2) is 18.7. The van der Waals surface area contributed by atoms with Crippen LogP contribution >= 0.6 is 15.6 Å². The Hall–Kier alpha value is 0.426. The molecule has 25 heteroatoms. The minimum atomic E-state index is -5.12. The molecular formula is C18H36MgO22P2. The number of phosphoric ester groups is 2. The van der Waals surface area contributed by atoms with Crippen LogP contribution in [0.15, 0.2) is 0 Å². The summed E-state index contributed by atoms with van der Waals surface area (Å²) in [6, 6.07) is 0. The predicted molar refractivity (Wildman–Crippen MR) is 129 cm³/mol. The summed E-state index contributed by atoms with van der Waals surface area (Å²) in [5.41, 5.74) is 0. The molecule has 0 spiro atoms. The zero-order chi connectivity index (χ0) is 32.7. The maximum atomic E-state index is 11.4. The summed E-state index contributed by atoms with van der Waals surface area (Å²) in [7, 11) is -10.2. The van der Waals surface area contributed by atoms with Crippen molar-refractivity contribution in [3.05, 3.63) is 0 Å². The molecule has 0 aromatic rings. The Morgan fingerprint density at radius 2 is 0.721 bits per heavy atom. The van der Waals surface area contributed by atoms with E-state index in [2.05, 4.69) is 18.1 Å². The third kappa shape index (κ3) is 12.5. The van der Waals surface area contributed by atoms with Crippen molar-refractivity contribution >= 4 is 38.7 Å². The molecule has 2 rings (SSSR count). The van der Waals surface area contributed by atoms with E-state index in [-0.39, 0.29) is 23.1 Å². The number of aliphatic hydroxyl groups excluding tert-OH is 14. The summed E-state index contributed by atoms with van der Waals surface area (Å²) < 4.78 is 40.0. The molecule has 2 fully saturated rings. The van der Waals surface area contributed by atoms with Crippen LogP contribution in [0.1, 0.15) is 0 Å². The normalized spacial score (nSPS) is 40.6. The fourth-order valence-electron chi connectivity index (χ4n) is 3.46. The Bertz CT molecular complexity index is 802. The Labute approximate surface area is 258 Å². The molecule has 0 aromatic carbocycles. The Morgan fingerprint density at radius 3 is 0.930 bits per heavy atom. The first-order chi connectivity index (χ1) is 19.2. The summed E-state index contributed by atoms with van der Waals surface area (Å²) in [4.78, 5) is 22.9. The van der Waals surface area contributed by atoms with Crippen molar-refractivity contribution in [1.82, 2.24) is 0 Å². The molecule has 0 amide bonds. The van der Waals surface area contributed by atoms with E-state index in [4.69, 9.17) is 20.4 Å². The molecule has 0 aromatic heterocycles. The van der Waals surface area contributed by atoms with Crippen LogP contribution in [-0.4, -0.2) is 206 Å². The SMILES string of the molecule is O=P([O-])(OCC(O)CO)OC1[C@@H](O)[C@H](O)C(O)[C@H](O)[C@@H]1O.O=P([O-])(OCC(O)CO)OC1[C@@H](O)[C@H](O)C(O)[C@H](O)[C@@H]1O.[Mg+2]. The van der Waals surface area contributed by atoms with Gasteiger partial charge in [-0.3, -0.25) is 9.13 Å². The van der Waals surface area contributed by atoms with E-state index < -0.39 is 128 Å². The zero-order valence-electron chi connectivity index (χ0n) is 22.0. The van der Waals surface area contributed by atoms with Crippen molar-refractivity contribution < 1.29 is 109 Å². The average molecular weight is 691 g/mol. The standard InChI is InChI=1S/2C9H19O11P.Mg/c2*10-1-3(11)2-19-21(17,18)20-9-7(15)5(13)4(12)6(14)8(9)16;/h2*3-16H,1-2H2,(H,17,18);/q;;+2/p-2/t2*3?,4?,5-,6+,7-,8-,9?;/m00./s1. The molecule has 22 nitrogen and oxygen atoms in total. The maximum Gasteiger partial charge on any atom is 2.00 e. The second-order valence-electron chi connectivity index (χ2n) is 9.20. The van der Waals surface area contributed by atoms with E-state index in [0.717, 1.165) is 0 Å². The van der Waals surface area contributed by atoms with Gasteiger partial charge in [-0.15, -0.1) is 0 Å². The quantitative estimate of drug-likeness (QED) is 0.0667. The number of aliphatic hydroxyl groups is 14. The Morgan fingerprint density at radius 1 is 0.512 bits per heavy atom. The minimum absolute atomic E-state index is 0. The molecule has 0 heterocycles. The van der Waals surface area contributed by atoms with Crippen LogP contribution in [0.5, 0.6) is 0 Å². The van der Waals surface area contributed by atoms with E-state index in [9.17, 15) is 70.0 Å². The number of phosphoric acid groups is 2. The molecule has 0 saturated heterocycles. The topological polar surface area (TPSA) is 400 Å². The number of hydrogen-bond donors (Lipinski definition) is 14. The van der Waals surface area contributed by atoms with Gasteiger partial charge in [0.2, 0.25) is 0 Å². The fraction of sp³-hybridized carbons (Fsp3) is 1.00. The van der Waals surface area contributed by atoms with Crippen LogP contribution in [0, 0.1) is 0 Å². The van der Waals surface area contributed by atoms with Crippen molar-refractivity contribution in [3.8, 4) is 0 Å². The monoisotopic (exact) mass is 690 g/mol. The third-order valence-electron chi connectivity index (χ3n) is 5.92. The molecule has 0 radical (unpaired) electrons. The summed E-state index contributed by atoms with van der Waals surface area (Å²) in [5.74, 6) is 0. The average Bonchev–Trinajstić information content (AvgIpc) is 2.95. The predicted octanol–water partition coefficient (Wildman–Crippen LogP) is -10.3. The van der Waals surface area contributed by atoms with Gasteiger partial charge in [-0.1, -0.05) is 0 Å². The van der Waals surface area contributed by atoms with Gasteiger partial charge in [-0.25, -0.2) is 0 Å². The van der Waals surface area contributed by atoms with Gasteiger partial charge in [0.25, 0.3) is 15.6 Å². The van der Waals surface area contributed by atoms with Crippen molar-refractivity contribution in [2.75, 3.05) is 26.4 Å². The first kappa shape index (κ1) is 43.4. The molecule has 252 valence electrons. The number of hydrogen-bond acceptors (Lipinski definition) is 22. The van der Waals surface area contributed by atoms with Gasteiger partial charge in [-0.2, -0.15) is 0 Å². The second-order valence-corrected chi connectivity index (χ2v) is 11.9. The molecule has 43 heavy (non-hydrogen) atoms. The molecule has 2 saturated carbocycles. The van der Waals surface area contributed by atoms with Gasteiger partial charge in [0.05, 0.1) is 26.4 Å². The van der Waals surface area contributed by atoms with Gasteiger partial charge in [-0.05, 0) is 0 Å². The van der Waals surface area contributed by atoms with Crippen molar-refractivity contribution in [2.45, 2.75) is 85.5 Å². The largest absolute Gasteiger partial charge is 2.00 e. The van der Waals surface area contributed by atoms with Crippen LogP contribution in [0.3, 0.4) is 0 Å². The maximum absolute atomic E-state index is 11.4. The molecular weight excluding hydrogens is 654 g/mol. The molecule has 0 aliphatic heterocycles. The van der Waals surface area contributed by atoms with E-state index in [1.165, 1.54) is 0 Å². The van der Waals surface area contributed by atoms with Gasteiger partial charge in [0.15, 0.2) is 0 Å². The van der Waals surface area contributed by atoms with Crippen molar-refractivity contribution in [3.63, 3.8) is 0 Å².